The first-order valence-electron chi connectivity index (χ1n) is 13.7. The van der Waals surface area contributed by atoms with E-state index in [0.29, 0.717) is 23.5 Å². The van der Waals surface area contributed by atoms with E-state index in [1.165, 1.54) is 6.42 Å². The fraction of sp³-hybridized carbons (Fsp3) is 0.484. The van der Waals surface area contributed by atoms with Crippen LogP contribution in [-0.2, 0) is 9.59 Å². The second-order valence-electron chi connectivity index (χ2n) is 11.5. The number of fused-ring (bicyclic) bond motifs is 1. The summed E-state index contributed by atoms with van der Waals surface area (Å²) in [6, 6.07) is 13.4. The van der Waals surface area contributed by atoms with Crippen molar-refractivity contribution in [3.05, 3.63) is 59.3 Å². The molecule has 1 unspecified atom stereocenters. The Balaban J connectivity index is 1.65. The van der Waals surface area contributed by atoms with Crippen LogP contribution in [0.5, 0.6) is 11.5 Å². The summed E-state index contributed by atoms with van der Waals surface area (Å²) in [5.41, 5.74) is 4.06. The zero-order valence-electron chi connectivity index (χ0n) is 22.9. The van der Waals surface area contributed by atoms with Gasteiger partial charge in [-0.05, 0) is 48.9 Å². The van der Waals surface area contributed by atoms with Gasteiger partial charge in [0.25, 0.3) is 0 Å². The highest BCUT2D eigenvalue weighted by Gasteiger charge is 2.43. The average molecular weight is 518 g/mol. The van der Waals surface area contributed by atoms with Gasteiger partial charge in [-0.1, -0.05) is 45.2 Å². The number of methoxy groups -OCH3 is 2. The van der Waals surface area contributed by atoms with Crippen LogP contribution in [0.4, 0.5) is 11.4 Å². The number of benzene rings is 2. The van der Waals surface area contributed by atoms with E-state index in [4.69, 9.17) is 9.47 Å². The van der Waals surface area contributed by atoms with E-state index < -0.39 is 6.04 Å². The maximum Gasteiger partial charge on any atom is 0.239 e. The Morgan fingerprint density at radius 3 is 2.55 bits per heavy atom. The summed E-state index contributed by atoms with van der Waals surface area (Å²) in [6.45, 7) is 4.39. The van der Waals surface area contributed by atoms with Crippen LogP contribution in [0, 0.1) is 5.41 Å². The minimum absolute atomic E-state index is 0.0307. The van der Waals surface area contributed by atoms with Crippen molar-refractivity contribution < 1.29 is 19.1 Å². The Morgan fingerprint density at radius 1 is 1.05 bits per heavy atom. The summed E-state index contributed by atoms with van der Waals surface area (Å²) in [6.07, 6.45) is 6.74. The first-order chi connectivity index (χ1) is 18.3. The maximum atomic E-state index is 13.9. The Labute approximate surface area is 225 Å². The van der Waals surface area contributed by atoms with Crippen molar-refractivity contribution in [1.29, 1.82) is 0 Å². The van der Waals surface area contributed by atoms with Crippen LogP contribution >= 0.6 is 0 Å². The Hall–Kier alpha value is -3.48. The van der Waals surface area contributed by atoms with Gasteiger partial charge in [0.05, 0.1) is 38.2 Å². The molecular formula is C31H39N3O4. The lowest BCUT2D eigenvalue weighted by molar-refractivity contribution is -0.121. The van der Waals surface area contributed by atoms with Crippen LogP contribution in [0.1, 0.15) is 70.4 Å². The quantitative estimate of drug-likeness (QED) is 0.507. The van der Waals surface area contributed by atoms with Crippen molar-refractivity contribution in [2.24, 2.45) is 5.41 Å². The van der Waals surface area contributed by atoms with Gasteiger partial charge in [0.15, 0.2) is 5.78 Å². The number of Topliss-reactive ketones (excluding diaryl/α,β-unsaturated/α-hetero) is 1. The van der Waals surface area contributed by atoms with Gasteiger partial charge in [-0.3, -0.25) is 9.59 Å². The summed E-state index contributed by atoms with van der Waals surface area (Å²) in [5.74, 6) is 1.36. The molecule has 1 heterocycles. The molecular weight excluding hydrogens is 478 g/mol. The zero-order chi connectivity index (χ0) is 26.9. The number of carbonyl (C=O) groups is 2. The van der Waals surface area contributed by atoms with Gasteiger partial charge < -0.3 is 25.0 Å². The van der Waals surface area contributed by atoms with Crippen molar-refractivity contribution in [2.75, 3.05) is 31.0 Å². The highest BCUT2D eigenvalue weighted by molar-refractivity contribution is 6.02. The summed E-state index contributed by atoms with van der Waals surface area (Å²) in [5, 5.41) is 6.89. The van der Waals surface area contributed by atoms with Crippen molar-refractivity contribution in [3.63, 3.8) is 0 Å². The van der Waals surface area contributed by atoms with Gasteiger partial charge in [0.1, 0.15) is 11.5 Å². The number of nitrogens with one attached hydrogen (secondary N) is 2. The molecule has 1 saturated carbocycles. The maximum absolute atomic E-state index is 13.9. The molecule has 0 saturated heterocycles. The number of hydrogen-bond donors (Lipinski definition) is 2. The number of nitrogens with zero attached hydrogens (tertiary/aromatic N) is 1. The Morgan fingerprint density at radius 2 is 1.82 bits per heavy atom. The molecule has 2 aromatic carbocycles. The molecule has 0 aromatic heterocycles. The van der Waals surface area contributed by atoms with Gasteiger partial charge >= 0.3 is 0 Å². The van der Waals surface area contributed by atoms with Crippen LogP contribution in [0.2, 0.25) is 0 Å². The van der Waals surface area contributed by atoms with E-state index in [1.54, 1.807) is 14.2 Å². The number of hydrogen-bond acceptors (Lipinski definition) is 6. The Bertz CT molecular complexity index is 1250. The van der Waals surface area contributed by atoms with Crippen molar-refractivity contribution in [1.82, 2.24) is 5.32 Å². The normalized spacial score (nSPS) is 21.1. The molecule has 2 aliphatic carbocycles. The number of allylic oxidation sites excluding steroid dienone is 1. The lowest BCUT2D eigenvalue weighted by Crippen LogP contribution is -2.45. The standard InChI is InChI=1S/C31H39N3O4/c1-31(2)17-24-29(26(35)18-31)30(22-15-14-21(37-3)16-27(22)38-4)34(25-13-9-8-12-23(25)33-24)19-28(36)32-20-10-6-5-7-11-20/h8-9,12-16,20,30,33H,5-7,10-11,17-19H2,1-4H3,(H,32,36). The highest BCUT2D eigenvalue weighted by atomic mass is 16.5. The van der Waals surface area contributed by atoms with Crippen molar-refractivity contribution in [3.8, 4) is 11.5 Å². The van der Waals surface area contributed by atoms with E-state index in [0.717, 1.165) is 54.7 Å². The van der Waals surface area contributed by atoms with Gasteiger partial charge in [0.2, 0.25) is 5.91 Å². The molecule has 1 atom stereocenters. The van der Waals surface area contributed by atoms with Crippen LogP contribution < -0.4 is 25.0 Å². The first-order valence-corrected chi connectivity index (χ1v) is 13.7. The molecule has 1 fully saturated rings. The molecule has 0 spiro atoms. The van der Waals surface area contributed by atoms with Crippen LogP contribution in [0.3, 0.4) is 0 Å². The molecule has 5 rings (SSSR count). The first kappa shape index (κ1) is 26.1. The van der Waals surface area contributed by atoms with E-state index in [9.17, 15) is 9.59 Å². The molecule has 0 bridgehead atoms. The minimum atomic E-state index is -0.497. The predicted molar refractivity (Wildman–Crippen MR) is 150 cm³/mol. The van der Waals surface area contributed by atoms with Crippen molar-refractivity contribution >= 4 is 23.1 Å². The molecule has 7 nitrogen and oxygen atoms in total. The molecule has 1 aliphatic heterocycles. The number of amides is 1. The molecule has 1 amide bonds. The molecule has 3 aliphatic rings. The van der Waals surface area contributed by atoms with Gasteiger partial charge in [0, 0.05) is 35.4 Å². The second kappa shape index (κ2) is 10.7. The molecule has 7 heteroatoms. The van der Waals surface area contributed by atoms with Crippen molar-refractivity contribution in [2.45, 2.75) is 70.9 Å². The minimum Gasteiger partial charge on any atom is -0.497 e. The monoisotopic (exact) mass is 517 g/mol. The zero-order valence-corrected chi connectivity index (χ0v) is 22.9. The van der Waals surface area contributed by atoms with Gasteiger partial charge in [-0.25, -0.2) is 0 Å². The SMILES string of the molecule is COc1ccc(C2C3=C(CC(C)(C)CC3=O)Nc3ccccc3N2CC(=O)NC2CCCCC2)c(OC)c1. The highest BCUT2D eigenvalue weighted by Crippen LogP contribution is 2.49. The lowest BCUT2D eigenvalue weighted by Gasteiger charge is -2.38. The van der Waals surface area contributed by atoms with E-state index >= 15 is 0 Å². The third-order valence-corrected chi connectivity index (χ3v) is 8.02. The molecule has 38 heavy (non-hydrogen) atoms. The summed E-state index contributed by atoms with van der Waals surface area (Å²) in [7, 11) is 3.25. The van der Waals surface area contributed by atoms with Gasteiger partial charge in [-0.15, -0.1) is 0 Å². The summed E-state index contributed by atoms with van der Waals surface area (Å²) < 4.78 is 11.3. The predicted octanol–water partition coefficient (Wildman–Crippen LogP) is 5.77. The smallest absolute Gasteiger partial charge is 0.239 e. The number of anilines is 2. The summed E-state index contributed by atoms with van der Waals surface area (Å²) in [4.78, 5) is 29.5. The lowest BCUT2D eigenvalue weighted by atomic mass is 9.73. The summed E-state index contributed by atoms with van der Waals surface area (Å²) >= 11 is 0. The van der Waals surface area contributed by atoms with Gasteiger partial charge in [-0.2, -0.15) is 0 Å². The third-order valence-electron chi connectivity index (χ3n) is 8.02. The largest absolute Gasteiger partial charge is 0.497 e. The van der Waals surface area contributed by atoms with Crippen LogP contribution in [0.15, 0.2) is 53.7 Å². The number of rotatable bonds is 6. The van der Waals surface area contributed by atoms with E-state index in [2.05, 4.69) is 29.4 Å². The number of carbonyl (C=O) groups excluding carboxylic acids is 2. The number of ether oxygens (including phenoxy) is 2. The second-order valence-corrected chi connectivity index (χ2v) is 11.5. The van der Waals surface area contributed by atoms with E-state index in [1.807, 2.05) is 42.5 Å². The third kappa shape index (κ3) is 5.24. The number of ketones is 1. The molecule has 2 N–H and O–H groups in total. The van der Waals surface area contributed by atoms with E-state index in [-0.39, 0.29) is 29.7 Å². The fourth-order valence-electron chi connectivity index (χ4n) is 6.27. The number of para-hydroxylation sites is 2. The Kier molecular flexibility index (Phi) is 7.37. The topological polar surface area (TPSA) is 79.9 Å². The molecule has 2 aromatic rings. The van der Waals surface area contributed by atoms with Crippen LogP contribution in [0.25, 0.3) is 0 Å². The fourth-order valence-corrected chi connectivity index (χ4v) is 6.27. The molecule has 202 valence electrons. The molecule has 0 radical (unpaired) electrons. The van der Waals surface area contributed by atoms with Crippen LogP contribution in [-0.4, -0.2) is 38.5 Å². The average Bonchev–Trinajstić information content (AvgIpc) is 3.02.